The number of carbonyl (C=O) groups is 1. The molecule has 1 amide bonds. The second kappa shape index (κ2) is 11.2. The smallest absolute Gasteiger partial charge is 0.381 e. The zero-order valence-electron chi connectivity index (χ0n) is 20.4. The first kappa shape index (κ1) is 27.7. The normalized spacial score (nSPS) is 27.5. The van der Waals surface area contributed by atoms with E-state index in [1.165, 1.54) is 0 Å². The van der Waals surface area contributed by atoms with Gasteiger partial charge in [0.25, 0.3) is 0 Å². The van der Waals surface area contributed by atoms with Gasteiger partial charge >= 0.3 is 12.4 Å². The number of nitrogens with one attached hydrogen (secondary N) is 2. The summed E-state index contributed by atoms with van der Waals surface area (Å²) < 4.78 is 85.1. The minimum atomic E-state index is -4.90. The van der Waals surface area contributed by atoms with Gasteiger partial charge in [-0.3, -0.25) is 4.79 Å². The zero-order valence-corrected chi connectivity index (χ0v) is 20.4. The number of carbonyl (C=O) groups excluding carboxylic acids is 1. The molecule has 4 rings (SSSR count). The molecule has 37 heavy (non-hydrogen) atoms. The molecule has 0 radical (unpaired) electrons. The van der Waals surface area contributed by atoms with Gasteiger partial charge in [-0.1, -0.05) is 36.4 Å². The minimum absolute atomic E-state index is 0.101. The summed E-state index contributed by atoms with van der Waals surface area (Å²) in [7, 11) is 0. The highest BCUT2D eigenvalue weighted by atomic mass is 19.4. The Morgan fingerprint density at radius 3 is 2.32 bits per heavy atom. The summed E-state index contributed by atoms with van der Waals surface area (Å²) in [4.78, 5) is 13.6. The highest BCUT2D eigenvalue weighted by molar-refractivity contribution is 5.83. The fraction of sp³-hybridized carbons (Fsp3) is 0.593. The van der Waals surface area contributed by atoms with Crippen LogP contribution in [0, 0.1) is 11.3 Å². The van der Waals surface area contributed by atoms with Crippen molar-refractivity contribution < 1.29 is 35.9 Å². The second-order valence-electron chi connectivity index (χ2n) is 10.4. The van der Waals surface area contributed by atoms with Crippen molar-refractivity contribution in [1.82, 2.24) is 10.6 Å². The summed E-state index contributed by atoms with van der Waals surface area (Å²) in [5, 5.41) is 6.37. The van der Waals surface area contributed by atoms with Gasteiger partial charge in [0.15, 0.2) is 0 Å². The van der Waals surface area contributed by atoms with Gasteiger partial charge in [-0.05, 0) is 62.5 Å². The summed E-state index contributed by atoms with van der Waals surface area (Å²) in [6.45, 7) is 1.08. The molecule has 1 saturated heterocycles. The summed E-state index contributed by atoms with van der Waals surface area (Å²) in [6.07, 6.45) is -5.29. The van der Waals surface area contributed by atoms with Gasteiger partial charge in [0.05, 0.1) is 11.0 Å². The van der Waals surface area contributed by atoms with Crippen LogP contribution in [0.3, 0.4) is 0 Å². The van der Waals surface area contributed by atoms with Crippen molar-refractivity contribution >= 4 is 5.91 Å². The monoisotopic (exact) mass is 530 g/mol. The molecule has 10 heteroatoms. The first-order valence-electron chi connectivity index (χ1n) is 12.7. The molecular weight excluding hydrogens is 498 g/mol. The van der Waals surface area contributed by atoms with Crippen molar-refractivity contribution in [2.24, 2.45) is 11.3 Å². The van der Waals surface area contributed by atoms with Crippen molar-refractivity contribution in [3.63, 3.8) is 0 Å². The molecule has 3 atom stereocenters. The lowest BCUT2D eigenvalue weighted by Crippen LogP contribution is -2.45. The quantitative estimate of drug-likeness (QED) is 0.448. The highest BCUT2D eigenvalue weighted by Crippen LogP contribution is 2.43. The molecule has 1 aliphatic heterocycles. The number of hydrogen-bond acceptors (Lipinski definition) is 3. The van der Waals surface area contributed by atoms with Crippen molar-refractivity contribution in [2.75, 3.05) is 19.8 Å². The molecule has 0 aromatic heterocycles. The van der Waals surface area contributed by atoms with E-state index in [1.54, 1.807) is 0 Å². The van der Waals surface area contributed by atoms with Crippen molar-refractivity contribution in [1.29, 1.82) is 0 Å². The number of ether oxygens (including phenoxy) is 1. The molecule has 2 aliphatic carbocycles. The average Bonchev–Trinajstić information content (AvgIpc) is 3.26. The van der Waals surface area contributed by atoms with E-state index in [-0.39, 0.29) is 24.6 Å². The molecule has 1 aromatic carbocycles. The average molecular weight is 531 g/mol. The Morgan fingerprint density at radius 2 is 1.68 bits per heavy atom. The van der Waals surface area contributed by atoms with Gasteiger partial charge in [0.1, 0.15) is 0 Å². The number of rotatable bonds is 7. The lowest BCUT2D eigenvalue weighted by atomic mass is 9.78. The molecule has 3 unspecified atom stereocenters. The highest BCUT2D eigenvalue weighted by Gasteiger charge is 2.46. The molecule has 1 heterocycles. The standard InChI is InChI=1S/C27H32F6N2O2/c28-26(29,30)20-12-19(13-21(14-20)27(31,32)33)17-34-24(36)25(15-18-4-2-1-3-5-18)9-6-23(16-25)35-22-7-10-37-11-8-22/h1-5,12,14,19,22-23,35H,6-11,13,15-17H2,(H,34,36). The van der Waals surface area contributed by atoms with Crippen molar-refractivity contribution in [3.8, 4) is 0 Å². The van der Waals surface area contributed by atoms with E-state index in [4.69, 9.17) is 4.74 Å². The van der Waals surface area contributed by atoms with Crippen molar-refractivity contribution in [3.05, 3.63) is 59.2 Å². The van der Waals surface area contributed by atoms with E-state index in [2.05, 4.69) is 10.6 Å². The molecule has 0 bridgehead atoms. The van der Waals surface area contributed by atoms with Crippen LogP contribution in [0.1, 0.15) is 44.1 Å². The Hall–Kier alpha value is -2.33. The van der Waals surface area contributed by atoms with Crippen LogP contribution in [0.5, 0.6) is 0 Å². The molecule has 4 nitrogen and oxygen atoms in total. The second-order valence-corrected chi connectivity index (χ2v) is 10.4. The van der Waals surface area contributed by atoms with Gasteiger partial charge in [0, 0.05) is 37.4 Å². The predicted molar refractivity (Wildman–Crippen MR) is 127 cm³/mol. The maximum absolute atomic E-state index is 13.6. The first-order chi connectivity index (χ1) is 17.4. The van der Waals surface area contributed by atoms with Crippen molar-refractivity contribution in [2.45, 2.75) is 69.4 Å². The lowest BCUT2D eigenvalue weighted by molar-refractivity contribution is -0.131. The zero-order chi connectivity index (χ0) is 26.7. The molecule has 2 N–H and O–H groups in total. The fourth-order valence-corrected chi connectivity index (χ4v) is 5.71. The number of halogens is 6. The van der Waals surface area contributed by atoms with Crippen LogP contribution < -0.4 is 10.6 Å². The van der Waals surface area contributed by atoms with Crippen LogP contribution in [-0.2, 0) is 16.0 Å². The number of alkyl halides is 6. The van der Waals surface area contributed by atoms with Crippen LogP contribution in [0.25, 0.3) is 0 Å². The molecule has 204 valence electrons. The van der Waals surface area contributed by atoms with E-state index in [0.29, 0.717) is 38.5 Å². The third-order valence-corrected chi connectivity index (χ3v) is 7.61. The minimum Gasteiger partial charge on any atom is -0.381 e. The largest absolute Gasteiger partial charge is 0.416 e. The molecule has 1 saturated carbocycles. The third kappa shape index (κ3) is 7.16. The van der Waals surface area contributed by atoms with E-state index < -0.39 is 41.3 Å². The third-order valence-electron chi connectivity index (χ3n) is 7.61. The Labute approximate surface area is 212 Å². The maximum atomic E-state index is 13.6. The number of amides is 1. The summed E-state index contributed by atoms with van der Waals surface area (Å²) in [5.74, 6) is -1.42. The van der Waals surface area contributed by atoms with E-state index in [0.717, 1.165) is 30.9 Å². The van der Waals surface area contributed by atoms with Crippen LogP contribution in [0.4, 0.5) is 26.3 Å². The number of allylic oxidation sites excluding steroid dienone is 3. The number of benzene rings is 1. The van der Waals surface area contributed by atoms with Gasteiger partial charge < -0.3 is 15.4 Å². The summed E-state index contributed by atoms with van der Waals surface area (Å²) >= 11 is 0. The van der Waals surface area contributed by atoms with Gasteiger partial charge in [0.2, 0.25) is 5.91 Å². The van der Waals surface area contributed by atoms with Crippen LogP contribution >= 0.6 is 0 Å². The Bertz CT molecular complexity index is 998. The van der Waals surface area contributed by atoms with Gasteiger partial charge in [-0.2, -0.15) is 26.3 Å². The topological polar surface area (TPSA) is 50.4 Å². The SMILES string of the molecule is O=C(NCC1C=C(C(F)(F)F)C=C(C(F)(F)F)C1)C1(Cc2ccccc2)CCC(NC2CCOCC2)C1. The molecule has 3 aliphatic rings. The van der Waals surface area contributed by atoms with Crippen LogP contribution in [0.15, 0.2) is 53.6 Å². The predicted octanol–water partition coefficient (Wildman–Crippen LogP) is 5.65. The molecule has 1 aromatic rings. The number of hydrogen-bond donors (Lipinski definition) is 2. The van der Waals surface area contributed by atoms with E-state index in [1.807, 2.05) is 30.3 Å². The Kier molecular flexibility index (Phi) is 8.38. The van der Waals surface area contributed by atoms with Crippen LogP contribution in [0.2, 0.25) is 0 Å². The Morgan fingerprint density at radius 1 is 0.973 bits per heavy atom. The molecular formula is C27H32F6N2O2. The first-order valence-corrected chi connectivity index (χ1v) is 12.7. The Balaban J connectivity index is 1.47. The lowest BCUT2D eigenvalue weighted by Gasteiger charge is -2.31. The summed E-state index contributed by atoms with van der Waals surface area (Å²) in [6, 6.07) is 9.88. The van der Waals surface area contributed by atoms with Gasteiger partial charge in [-0.15, -0.1) is 0 Å². The van der Waals surface area contributed by atoms with E-state index in [9.17, 15) is 31.1 Å². The van der Waals surface area contributed by atoms with E-state index >= 15 is 0 Å². The fourth-order valence-electron chi connectivity index (χ4n) is 5.71. The van der Waals surface area contributed by atoms with Gasteiger partial charge in [-0.25, -0.2) is 0 Å². The maximum Gasteiger partial charge on any atom is 0.416 e. The molecule has 0 spiro atoms. The molecule has 2 fully saturated rings. The summed E-state index contributed by atoms with van der Waals surface area (Å²) in [5.41, 5.74) is -2.39. The van der Waals surface area contributed by atoms with Crippen LogP contribution in [-0.4, -0.2) is 50.1 Å².